The molecule has 1 aromatic rings. The molecule has 296 valence electrons. The molecule has 0 bridgehead atoms. The molecule has 54 heavy (non-hydrogen) atoms. The van der Waals surface area contributed by atoms with Gasteiger partial charge in [0, 0.05) is 20.6 Å². The third kappa shape index (κ3) is 9.97. The van der Waals surface area contributed by atoms with Crippen molar-refractivity contribution in [2.24, 2.45) is 28.6 Å². The number of fused-ring (bicyclic) bond motifs is 1. The minimum atomic E-state index is -1.16. The summed E-state index contributed by atoms with van der Waals surface area (Å²) in [6.45, 7) is 10.5. The van der Waals surface area contributed by atoms with Gasteiger partial charge in [0.25, 0.3) is 5.91 Å². The molecular weight excluding hydrogens is 692 g/mol. The van der Waals surface area contributed by atoms with Crippen molar-refractivity contribution in [2.75, 3.05) is 27.2 Å². The zero-order valence-corrected chi connectivity index (χ0v) is 33.0. The number of hydrogen-bond donors (Lipinski definition) is 4. The molecular formula is C40H58N6O8. The van der Waals surface area contributed by atoms with Crippen LogP contribution in [0.4, 0.5) is 4.79 Å². The van der Waals surface area contributed by atoms with E-state index < -0.39 is 77.2 Å². The van der Waals surface area contributed by atoms with E-state index in [-0.39, 0.29) is 35.5 Å². The van der Waals surface area contributed by atoms with Crippen molar-refractivity contribution in [3.8, 4) is 0 Å². The van der Waals surface area contributed by atoms with Crippen LogP contribution in [-0.4, -0.2) is 102 Å². The van der Waals surface area contributed by atoms with Crippen molar-refractivity contribution in [3.05, 3.63) is 35.9 Å². The van der Waals surface area contributed by atoms with Gasteiger partial charge in [0.05, 0.1) is 12.6 Å². The van der Waals surface area contributed by atoms with E-state index in [1.165, 1.54) is 4.90 Å². The summed E-state index contributed by atoms with van der Waals surface area (Å²) in [6.07, 6.45) is 5.09. The van der Waals surface area contributed by atoms with Crippen molar-refractivity contribution < 1.29 is 38.3 Å². The molecule has 5 rings (SSSR count). The monoisotopic (exact) mass is 750 g/mol. The summed E-state index contributed by atoms with van der Waals surface area (Å²) in [5, 5.41) is 10.7. The van der Waals surface area contributed by atoms with Crippen LogP contribution < -0.4 is 21.3 Å². The van der Waals surface area contributed by atoms with Crippen molar-refractivity contribution in [1.82, 2.24) is 31.1 Å². The third-order valence-corrected chi connectivity index (χ3v) is 11.1. The second-order valence-corrected chi connectivity index (χ2v) is 18.1. The van der Waals surface area contributed by atoms with Crippen LogP contribution in [0.25, 0.3) is 0 Å². The highest BCUT2D eigenvalue weighted by Crippen LogP contribution is 2.64. The Hall–Kier alpha value is -4.49. The van der Waals surface area contributed by atoms with E-state index in [2.05, 4.69) is 21.3 Å². The minimum absolute atomic E-state index is 0.0906. The van der Waals surface area contributed by atoms with Crippen molar-refractivity contribution in [3.63, 3.8) is 0 Å². The number of amides is 6. The Morgan fingerprint density at radius 3 is 2.11 bits per heavy atom. The van der Waals surface area contributed by atoms with Gasteiger partial charge < -0.3 is 35.8 Å². The fourth-order valence-electron chi connectivity index (χ4n) is 8.00. The molecule has 14 heteroatoms. The lowest BCUT2D eigenvalue weighted by Gasteiger charge is -2.37. The van der Waals surface area contributed by atoms with Crippen LogP contribution >= 0.6 is 0 Å². The standard InChI is InChI=1S/C40H58N6O8/c1-38(2,3)32(44-37(53)54-39(4,5)6)36(52)46-22-25-19-40(16-17-40)20-26(25)30(46)33(49)42-27(18-23-14-15-23)31(48)34(50)41-21-28(47)43-29(35(51)45(7)8)24-12-10-9-11-13-24/h9-13,23,25-27,29-30,32H,14-22H2,1-8H3,(H,41,50)(H,42,49)(H,43,47)(H,44,53)/t25-,26-,27-,29-,30-,32+/m0/s1. The topological polar surface area (TPSA) is 183 Å². The van der Waals surface area contributed by atoms with E-state index in [1.54, 1.807) is 70.1 Å². The number of likely N-dealkylation sites (tertiary alicyclic amines) is 1. The molecule has 4 aliphatic rings. The van der Waals surface area contributed by atoms with Crippen LogP contribution in [0, 0.1) is 28.6 Å². The number of benzene rings is 1. The van der Waals surface area contributed by atoms with Crippen molar-refractivity contribution in [2.45, 2.75) is 116 Å². The van der Waals surface area contributed by atoms with E-state index in [9.17, 15) is 33.6 Å². The summed E-state index contributed by atoms with van der Waals surface area (Å²) in [5.74, 6) is -3.74. The summed E-state index contributed by atoms with van der Waals surface area (Å²) >= 11 is 0. The summed E-state index contributed by atoms with van der Waals surface area (Å²) in [4.78, 5) is 97.4. The molecule has 3 saturated carbocycles. The third-order valence-electron chi connectivity index (χ3n) is 11.1. The molecule has 1 saturated heterocycles. The van der Waals surface area contributed by atoms with E-state index in [1.807, 2.05) is 20.8 Å². The van der Waals surface area contributed by atoms with E-state index in [0.717, 1.165) is 38.5 Å². The van der Waals surface area contributed by atoms with Gasteiger partial charge in [-0.3, -0.25) is 28.8 Å². The van der Waals surface area contributed by atoms with Crippen LogP contribution in [0.15, 0.2) is 30.3 Å². The number of likely N-dealkylation sites (N-methyl/N-ethyl adjacent to an activating group) is 1. The Bertz CT molecular complexity index is 1620. The quantitative estimate of drug-likeness (QED) is 0.222. The highest BCUT2D eigenvalue weighted by Gasteiger charge is 2.61. The molecule has 1 aliphatic heterocycles. The lowest BCUT2D eigenvalue weighted by molar-refractivity contribution is -0.145. The number of ketones is 1. The first kappa shape index (κ1) is 40.7. The maximum Gasteiger partial charge on any atom is 0.408 e. The molecule has 3 aliphatic carbocycles. The number of carbonyl (C=O) groups is 7. The predicted octanol–water partition coefficient (Wildman–Crippen LogP) is 2.86. The SMILES string of the molecule is CN(C)C(=O)[C@@H](NC(=O)CNC(=O)C(=O)[C@H](CC1CC1)NC(=O)[C@@H]1[C@H]2CC3(CC3)C[C@H]2CN1C(=O)[C@@H](NC(=O)OC(C)(C)C)C(C)(C)C)c1ccccc1. The van der Waals surface area contributed by atoms with Crippen LogP contribution in [0.1, 0.15) is 98.1 Å². The highest BCUT2D eigenvalue weighted by molar-refractivity contribution is 6.38. The number of nitrogens with zero attached hydrogens (tertiary/aromatic N) is 2. The minimum Gasteiger partial charge on any atom is -0.444 e. The molecule has 0 radical (unpaired) electrons. The number of carbonyl (C=O) groups excluding carboxylic acids is 7. The molecule has 6 amide bonds. The zero-order valence-electron chi connectivity index (χ0n) is 33.0. The van der Waals surface area contributed by atoms with E-state index >= 15 is 0 Å². The largest absolute Gasteiger partial charge is 0.444 e. The molecule has 1 heterocycles. The maximum absolute atomic E-state index is 14.4. The smallest absolute Gasteiger partial charge is 0.408 e. The van der Waals surface area contributed by atoms with E-state index in [0.29, 0.717) is 12.1 Å². The van der Waals surface area contributed by atoms with Gasteiger partial charge in [-0.2, -0.15) is 0 Å². The average molecular weight is 751 g/mol. The summed E-state index contributed by atoms with van der Waals surface area (Å²) in [5.41, 5.74) is -0.761. The molecule has 0 aromatic heterocycles. The Labute approximate surface area is 318 Å². The number of Topliss-reactive ketones (excluding diaryl/α,β-unsaturated/α-hetero) is 1. The zero-order chi connectivity index (χ0) is 39.7. The average Bonchev–Trinajstić information content (AvgIpc) is 3.99. The van der Waals surface area contributed by atoms with Crippen molar-refractivity contribution >= 4 is 41.4 Å². The second kappa shape index (κ2) is 15.7. The Morgan fingerprint density at radius 1 is 0.907 bits per heavy atom. The predicted molar refractivity (Wildman–Crippen MR) is 199 cm³/mol. The van der Waals surface area contributed by atoms with Gasteiger partial charge in [-0.05, 0) is 87.0 Å². The van der Waals surface area contributed by atoms with Gasteiger partial charge in [-0.1, -0.05) is 63.9 Å². The molecule has 6 atom stereocenters. The van der Waals surface area contributed by atoms with Gasteiger partial charge in [0.15, 0.2) is 0 Å². The number of alkyl carbamates (subject to hydrolysis) is 1. The van der Waals surface area contributed by atoms with Gasteiger partial charge in [-0.15, -0.1) is 0 Å². The van der Waals surface area contributed by atoms with E-state index in [4.69, 9.17) is 4.74 Å². The van der Waals surface area contributed by atoms with Crippen LogP contribution in [0.2, 0.25) is 0 Å². The van der Waals surface area contributed by atoms with Gasteiger partial charge in [0.2, 0.25) is 29.4 Å². The van der Waals surface area contributed by atoms with Gasteiger partial charge in [0.1, 0.15) is 23.7 Å². The number of ether oxygens (including phenoxy) is 1. The first-order chi connectivity index (χ1) is 25.2. The Morgan fingerprint density at radius 2 is 1.56 bits per heavy atom. The Balaban J connectivity index is 1.29. The first-order valence-corrected chi connectivity index (χ1v) is 19.2. The van der Waals surface area contributed by atoms with Crippen LogP contribution in [-0.2, 0) is 33.5 Å². The molecule has 1 aromatic carbocycles. The number of hydrogen-bond acceptors (Lipinski definition) is 8. The summed E-state index contributed by atoms with van der Waals surface area (Å²) in [6, 6.07) is 4.65. The number of nitrogens with one attached hydrogen (secondary N) is 4. The lowest BCUT2D eigenvalue weighted by atomic mass is 9.85. The van der Waals surface area contributed by atoms with Gasteiger partial charge in [-0.25, -0.2) is 4.79 Å². The van der Waals surface area contributed by atoms with Crippen LogP contribution in [0.5, 0.6) is 0 Å². The van der Waals surface area contributed by atoms with Gasteiger partial charge >= 0.3 is 6.09 Å². The van der Waals surface area contributed by atoms with Crippen molar-refractivity contribution in [1.29, 1.82) is 0 Å². The van der Waals surface area contributed by atoms with Crippen LogP contribution in [0.3, 0.4) is 0 Å². The summed E-state index contributed by atoms with van der Waals surface area (Å²) in [7, 11) is 3.14. The molecule has 4 N–H and O–H groups in total. The Kier molecular flexibility index (Phi) is 11.8. The highest BCUT2D eigenvalue weighted by atomic mass is 16.6. The molecule has 4 fully saturated rings. The summed E-state index contributed by atoms with van der Waals surface area (Å²) < 4.78 is 5.48. The molecule has 14 nitrogen and oxygen atoms in total. The fraction of sp³-hybridized carbons (Fsp3) is 0.675. The fourth-order valence-corrected chi connectivity index (χ4v) is 8.00. The molecule has 1 spiro atoms. The normalized spacial score (nSPS) is 23.0. The second-order valence-electron chi connectivity index (χ2n) is 18.1. The lowest BCUT2D eigenvalue weighted by Crippen LogP contribution is -2.60. The number of rotatable bonds is 13. The molecule has 0 unspecified atom stereocenters. The maximum atomic E-state index is 14.4. The first-order valence-electron chi connectivity index (χ1n) is 19.2.